The lowest BCUT2D eigenvalue weighted by atomic mass is 10.3. The fourth-order valence-electron chi connectivity index (χ4n) is 1.60. The summed E-state index contributed by atoms with van der Waals surface area (Å²) in [5.41, 5.74) is 0. The van der Waals surface area contributed by atoms with E-state index in [2.05, 4.69) is 26.0 Å². The molecule has 1 atom stereocenters. The van der Waals surface area contributed by atoms with Gasteiger partial charge in [-0.2, -0.15) is 5.10 Å². The molecule has 0 saturated heterocycles. The number of likely N-dealkylation sites (N-methyl/N-ethyl adjacent to an activating group) is 1. The number of thiophene rings is 1. The Kier molecular flexibility index (Phi) is 4.13. The molecule has 1 amide bonds. The first-order chi connectivity index (χ1) is 8.58. The molecule has 0 aromatic carbocycles. The minimum atomic E-state index is -0.332. The van der Waals surface area contributed by atoms with Gasteiger partial charge in [0.15, 0.2) is 0 Å². The molecule has 96 valence electrons. The summed E-state index contributed by atoms with van der Waals surface area (Å²) >= 11 is 5.03. The van der Waals surface area contributed by atoms with Gasteiger partial charge in [-0.15, -0.1) is 11.3 Å². The van der Waals surface area contributed by atoms with E-state index in [4.69, 9.17) is 0 Å². The summed E-state index contributed by atoms with van der Waals surface area (Å²) in [5, 5.41) is 5.99. The first-order valence-electron chi connectivity index (χ1n) is 5.40. The second kappa shape index (κ2) is 5.62. The summed E-state index contributed by atoms with van der Waals surface area (Å²) in [6, 6.07) is 1.69. The number of hydrogen-bond donors (Lipinski definition) is 0. The maximum absolute atomic E-state index is 12.2. The van der Waals surface area contributed by atoms with E-state index in [0.717, 1.165) is 9.35 Å². The van der Waals surface area contributed by atoms with Crippen LogP contribution in [0, 0.1) is 0 Å². The van der Waals surface area contributed by atoms with Gasteiger partial charge in [0.25, 0.3) is 0 Å². The molecule has 2 rings (SSSR count). The summed E-state index contributed by atoms with van der Waals surface area (Å²) in [6.07, 6.45) is 2.98. The van der Waals surface area contributed by atoms with Gasteiger partial charge in [0.05, 0.1) is 6.54 Å². The Morgan fingerprint density at radius 1 is 1.67 bits per heavy atom. The number of rotatable bonds is 4. The highest BCUT2D eigenvalue weighted by Gasteiger charge is 2.20. The fraction of sp³-hybridized carbons (Fsp3) is 0.364. The topological polar surface area (TPSA) is 51.0 Å². The van der Waals surface area contributed by atoms with Crippen LogP contribution in [0.1, 0.15) is 17.8 Å². The van der Waals surface area contributed by atoms with E-state index in [0.29, 0.717) is 6.54 Å². The molecule has 0 aliphatic rings. The van der Waals surface area contributed by atoms with Crippen molar-refractivity contribution >= 4 is 33.2 Å². The van der Waals surface area contributed by atoms with Crippen LogP contribution in [-0.4, -0.2) is 32.6 Å². The van der Waals surface area contributed by atoms with Crippen LogP contribution in [-0.2, 0) is 11.3 Å². The molecule has 0 saturated carbocycles. The third-order valence-corrected chi connectivity index (χ3v) is 4.26. The molecule has 0 aliphatic heterocycles. The lowest BCUT2D eigenvalue weighted by Gasteiger charge is -2.20. The monoisotopic (exact) mass is 328 g/mol. The predicted octanol–water partition coefficient (Wildman–Crippen LogP) is 2.32. The van der Waals surface area contributed by atoms with E-state index in [9.17, 15) is 4.79 Å². The van der Waals surface area contributed by atoms with Crippen LogP contribution in [0.3, 0.4) is 0 Å². The van der Waals surface area contributed by atoms with E-state index in [1.54, 1.807) is 34.3 Å². The number of carbonyl (C=O) groups is 1. The smallest absolute Gasteiger partial charge is 0.247 e. The summed E-state index contributed by atoms with van der Waals surface area (Å²) < 4.78 is 2.61. The largest absolute Gasteiger partial charge is 0.339 e. The van der Waals surface area contributed by atoms with Crippen molar-refractivity contribution in [2.75, 3.05) is 7.05 Å². The second-order valence-corrected chi connectivity index (χ2v) is 5.89. The third-order valence-electron chi connectivity index (χ3n) is 2.58. The van der Waals surface area contributed by atoms with Crippen LogP contribution < -0.4 is 0 Å². The van der Waals surface area contributed by atoms with Crippen molar-refractivity contribution < 1.29 is 4.79 Å². The fourth-order valence-corrected chi connectivity index (χ4v) is 3.10. The molecule has 1 unspecified atom stereocenters. The maximum Gasteiger partial charge on any atom is 0.247 e. The zero-order chi connectivity index (χ0) is 13.1. The predicted molar refractivity (Wildman–Crippen MR) is 73.2 cm³/mol. The molecule has 0 bridgehead atoms. The Bertz CT molecular complexity index is 525. The molecule has 2 aromatic rings. The molecule has 2 heterocycles. The standard InChI is InChI=1S/C11H13BrN4OS/c1-8(16-7-13-6-14-16)11(17)15(2)4-10-3-9(12)5-18-10/h3,5-8H,4H2,1-2H3. The van der Waals surface area contributed by atoms with E-state index in [-0.39, 0.29) is 11.9 Å². The quantitative estimate of drug-likeness (QED) is 0.865. The molecule has 0 aliphatic carbocycles. The van der Waals surface area contributed by atoms with E-state index in [1.165, 1.54) is 6.33 Å². The molecular weight excluding hydrogens is 316 g/mol. The van der Waals surface area contributed by atoms with Crippen molar-refractivity contribution in [1.82, 2.24) is 19.7 Å². The van der Waals surface area contributed by atoms with Gasteiger partial charge in [-0.05, 0) is 28.9 Å². The van der Waals surface area contributed by atoms with E-state index >= 15 is 0 Å². The van der Waals surface area contributed by atoms with Gasteiger partial charge in [-0.1, -0.05) is 0 Å². The molecule has 2 aromatic heterocycles. The zero-order valence-electron chi connectivity index (χ0n) is 10.1. The van der Waals surface area contributed by atoms with Crippen LogP contribution in [0.15, 0.2) is 28.6 Å². The van der Waals surface area contributed by atoms with Gasteiger partial charge in [0.1, 0.15) is 18.7 Å². The summed E-state index contributed by atoms with van der Waals surface area (Å²) in [6.45, 7) is 2.42. The van der Waals surface area contributed by atoms with Crippen molar-refractivity contribution in [2.45, 2.75) is 19.5 Å². The van der Waals surface area contributed by atoms with E-state index < -0.39 is 0 Å². The number of aromatic nitrogens is 3. The Balaban J connectivity index is 2.00. The van der Waals surface area contributed by atoms with Crippen molar-refractivity contribution in [3.05, 3.63) is 33.5 Å². The zero-order valence-corrected chi connectivity index (χ0v) is 12.5. The number of halogens is 1. The van der Waals surface area contributed by atoms with Gasteiger partial charge in [-0.25, -0.2) is 9.67 Å². The Morgan fingerprint density at radius 3 is 3.00 bits per heavy atom. The van der Waals surface area contributed by atoms with Crippen molar-refractivity contribution in [1.29, 1.82) is 0 Å². The lowest BCUT2D eigenvalue weighted by Crippen LogP contribution is -2.32. The van der Waals surface area contributed by atoms with Crippen molar-refractivity contribution in [3.8, 4) is 0 Å². The van der Waals surface area contributed by atoms with Gasteiger partial charge in [0, 0.05) is 21.8 Å². The Morgan fingerprint density at radius 2 is 2.44 bits per heavy atom. The minimum absolute atomic E-state index is 0.0185. The lowest BCUT2D eigenvalue weighted by molar-refractivity contribution is -0.133. The van der Waals surface area contributed by atoms with Gasteiger partial charge in [-0.3, -0.25) is 4.79 Å². The maximum atomic E-state index is 12.2. The Hall–Kier alpha value is -1.21. The number of hydrogen-bond acceptors (Lipinski definition) is 4. The molecule has 5 nitrogen and oxygen atoms in total. The SMILES string of the molecule is CC(C(=O)N(C)Cc1cc(Br)cs1)n1cncn1. The van der Waals surface area contributed by atoms with Crippen molar-refractivity contribution in [3.63, 3.8) is 0 Å². The average molecular weight is 329 g/mol. The van der Waals surface area contributed by atoms with Crippen LogP contribution in [0.2, 0.25) is 0 Å². The molecule has 0 N–H and O–H groups in total. The normalized spacial score (nSPS) is 12.4. The summed E-state index contributed by atoms with van der Waals surface area (Å²) in [7, 11) is 1.80. The number of carbonyl (C=O) groups excluding carboxylic acids is 1. The number of nitrogens with zero attached hydrogens (tertiary/aromatic N) is 4. The number of amides is 1. The van der Waals surface area contributed by atoms with Crippen LogP contribution in [0.25, 0.3) is 0 Å². The summed E-state index contributed by atoms with van der Waals surface area (Å²) in [5.74, 6) is 0.0185. The highest BCUT2D eigenvalue weighted by molar-refractivity contribution is 9.10. The van der Waals surface area contributed by atoms with Crippen LogP contribution in [0.4, 0.5) is 0 Å². The molecule has 18 heavy (non-hydrogen) atoms. The molecule has 0 radical (unpaired) electrons. The van der Waals surface area contributed by atoms with Gasteiger partial charge >= 0.3 is 0 Å². The molecule has 7 heteroatoms. The summed E-state index contributed by atoms with van der Waals surface area (Å²) in [4.78, 5) is 18.9. The second-order valence-electron chi connectivity index (χ2n) is 3.98. The van der Waals surface area contributed by atoms with Gasteiger partial charge in [0.2, 0.25) is 5.91 Å². The third kappa shape index (κ3) is 2.97. The average Bonchev–Trinajstić information content (AvgIpc) is 2.98. The molecule has 0 spiro atoms. The first kappa shape index (κ1) is 13.2. The van der Waals surface area contributed by atoms with Crippen LogP contribution >= 0.6 is 27.3 Å². The molecule has 0 fully saturated rings. The van der Waals surface area contributed by atoms with Crippen molar-refractivity contribution in [2.24, 2.45) is 0 Å². The highest BCUT2D eigenvalue weighted by Crippen LogP contribution is 2.21. The minimum Gasteiger partial charge on any atom is -0.339 e. The first-order valence-corrected chi connectivity index (χ1v) is 7.07. The van der Waals surface area contributed by atoms with Gasteiger partial charge < -0.3 is 4.90 Å². The Labute approximate surface area is 118 Å². The van der Waals surface area contributed by atoms with E-state index in [1.807, 2.05) is 18.4 Å². The molecular formula is C11H13BrN4OS. The van der Waals surface area contributed by atoms with Crippen LogP contribution in [0.5, 0.6) is 0 Å². The highest BCUT2D eigenvalue weighted by atomic mass is 79.9.